The molecule has 0 spiro atoms. The minimum Gasteiger partial charge on any atom is -0.496 e. The summed E-state index contributed by atoms with van der Waals surface area (Å²) in [6.07, 6.45) is 1.14. The van der Waals surface area contributed by atoms with Crippen LogP contribution < -0.4 is 16.0 Å². The normalized spacial score (nSPS) is 11.7. The standard InChI is InChI=1S/C20H18N4O4S/c1-28-14-9-4-3-8-13(14)15-16-18(23-20(21)24-19(16)25)22-17(15)11-6-5-7-12(10-11)29(2,26)27/h3-10H,1-2H3,(H4,21,22,23,24,25). The number of hydrogen-bond donors (Lipinski definition) is 3. The van der Waals surface area contributed by atoms with Gasteiger partial charge in [0.05, 0.1) is 23.1 Å². The molecule has 4 N–H and O–H groups in total. The Labute approximate surface area is 166 Å². The highest BCUT2D eigenvalue weighted by Crippen LogP contribution is 2.40. The summed E-state index contributed by atoms with van der Waals surface area (Å²) in [5, 5.41) is 0.309. The van der Waals surface area contributed by atoms with Crippen LogP contribution in [0.5, 0.6) is 5.75 Å². The van der Waals surface area contributed by atoms with Gasteiger partial charge in [-0.2, -0.15) is 4.98 Å². The van der Waals surface area contributed by atoms with Crippen LogP contribution in [-0.4, -0.2) is 36.7 Å². The molecule has 0 radical (unpaired) electrons. The molecular formula is C20H18N4O4S. The van der Waals surface area contributed by atoms with Crippen LogP contribution in [0, 0.1) is 0 Å². The highest BCUT2D eigenvalue weighted by atomic mass is 32.2. The van der Waals surface area contributed by atoms with Crippen molar-refractivity contribution < 1.29 is 13.2 Å². The number of ether oxygens (including phenoxy) is 1. The summed E-state index contributed by atoms with van der Waals surface area (Å²) in [5.41, 5.74) is 7.94. The molecule has 0 unspecified atom stereocenters. The number of nitrogens with one attached hydrogen (secondary N) is 2. The Kier molecular flexibility index (Phi) is 4.39. The van der Waals surface area contributed by atoms with Crippen LogP contribution in [0.25, 0.3) is 33.4 Å². The molecule has 0 atom stereocenters. The zero-order valence-corrected chi connectivity index (χ0v) is 16.5. The number of nitrogens with zero attached hydrogens (tertiary/aromatic N) is 1. The number of nitrogen functional groups attached to an aromatic ring is 1. The van der Waals surface area contributed by atoms with Crippen LogP contribution >= 0.6 is 0 Å². The van der Waals surface area contributed by atoms with E-state index in [2.05, 4.69) is 15.0 Å². The summed E-state index contributed by atoms with van der Waals surface area (Å²) in [5.74, 6) is 0.539. The van der Waals surface area contributed by atoms with Crippen LogP contribution in [0.15, 0.2) is 58.2 Å². The van der Waals surface area contributed by atoms with Gasteiger partial charge in [0.1, 0.15) is 11.4 Å². The highest BCUT2D eigenvalue weighted by Gasteiger charge is 2.22. The van der Waals surface area contributed by atoms with Crippen molar-refractivity contribution in [1.29, 1.82) is 0 Å². The average molecular weight is 410 g/mol. The highest BCUT2D eigenvalue weighted by molar-refractivity contribution is 7.90. The van der Waals surface area contributed by atoms with Crippen LogP contribution in [0.1, 0.15) is 0 Å². The van der Waals surface area contributed by atoms with Gasteiger partial charge >= 0.3 is 0 Å². The van der Waals surface area contributed by atoms with Crippen molar-refractivity contribution in [2.45, 2.75) is 4.90 Å². The summed E-state index contributed by atoms with van der Waals surface area (Å²) in [4.78, 5) is 22.7. The SMILES string of the molecule is COc1ccccc1-c1c(-c2cccc(S(C)(=O)=O)c2)[nH]c2nc(N)[nH]c(=O)c12. The number of benzene rings is 2. The number of aromatic amines is 2. The van der Waals surface area contributed by atoms with Gasteiger partial charge < -0.3 is 15.5 Å². The lowest BCUT2D eigenvalue weighted by molar-refractivity contribution is 0.416. The third kappa shape index (κ3) is 3.25. The molecule has 8 nitrogen and oxygen atoms in total. The lowest BCUT2D eigenvalue weighted by atomic mass is 9.98. The Morgan fingerprint density at radius 1 is 1.07 bits per heavy atom. The second-order valence-electron chi connectivity index (χ2n) is 6.55. The van der Waals surface area contributed by atoms with Gasteiger partial charge in [-0.25, -0.2) is 8.42 Å². The first-order valence-corrected chi connectivity index (χ1v) is 10.5. The molecule has 29 heavy (non-hydrogen) atoms. The van der Waals surface area contributed by atoms with Crippen molar-refractivity contribution in [1.82, 2.24) is 15.0 Å². The Morgan fingerprint density at radius 3 is 2.55 bits per heavy atom. The van der Waals surface area contributed by atoms with E-state index < -0.39 is 15.4 Å². The van der Waals surface area contributed by atoms with Crippen molar-refractivity contribution in [3.05, 3.63) is 58.9 Å². The summed E-state index contributed by atoms with van der Waals surface area (Å²) < 4.78 is 29.5. The largest absolute Gasteiger partial charge is 0.496 e. The number of fused-ring (bicyclic) bond motifs is 1. The molecule has 2 aromatic heterocycles. The molecule has 9 heteroatoms. The number of anilines is 1. The quantitative estimate of drug-likeness (QED) is 0.474. The summed E-state index contributed by atoms with van der Waals surface area (Å²) in [7, 11) is -1.87. The average Bonchev–Trinajstić information content (AvgIpc) is 3.07. The fraction of sp³-hybridized carbons (Fsp3) is 0.100. The molecular weight excluding hydrogens is 392 g/mol. The van der Waals surface area contributed by atoms with Crippen LogP contribution in [-0.2, 0) is 9.84 Å². The van der Waals surface area contributed by atoms with E-state index in [1.807, 2.05) is 18.2 Å². The number of aromatic nitrogens is 3. The number of H-pyrrole nitrogens is 2. The van der Waals surface area contributed by atoms with Crippen molar-refractivity contribution >= 4 is 26.8 Å². The van der Waals surface area contributed by atoms with Crippen LogP contribution in [0.3, 0.4) is 0 Å². The molecule has 0 bridgehead atoms. The maximum atomic E-state index is 12.7. The van der Waals surface area contributed by atoms with Crippen molar-refractivity contribution in [3.8, 4) is 28.1 Å². The van der Waals surface area contributed by atoms with E-state index in [9.17, 15) is 13.2 Å². The van der Waals surface area contributed by atoms with Gasteiger partial charge in [-0.15, -0.1) is 0 Å². The number of nitrogens with two attached hydrogens (primary N) is 1. The first-order valence-electron chi connectivity index (χ1n) is 8.65. The van der Waals surface area contributed by atoms with Gasteiger partial charge in [0.15, 0.2) is 9.84 Å². The monoisotopic (exact) mass is 410 g/mol. The number of sulfone groups is 1. The molecule has 2 heterocycles. The predicted molar refractivity (Wildman–Crippen MR) is 112 cm³/mol. The molecule has 0 saturated carbocycles. The molecule has 0 fully saturated rings. The molecule has 4 aromatic rings. The second-order valence-corrected chi connectivity index (χ2v) is 8.57. The number of hydrogen-bond acceptors (Lipinski definition) is 6. The number of rotatable bonds is 4. The topological polar surface area (TPSA) is 131 Å². The zero-order chi connectivity index (χ0) is 20.8. The minimum absolute atomic E-state index is 0.0215. The molecule has 0 amide bonds. The third-order valence-electron chi connectivity index (χ3n) is 4.61. The molecule has 0 aliphatic rings. The first-order chi connectivity index (χ1) is 13.8. The Morgan fingerprint density at radius 2 is 1.83 bits per heavy atom. The van der Waals surface area contributed by atoms with E-state index in [4.69, 9.17) is 10.5 Å². The van der Waals surface area contributed by atoms with E-state index >= 15 is 0 Å². The zero-order valence-electron chi connectivity index (χ0n) is 15.7. The van der Waals surface area contributed by atoms with Gasteiger partial charge in [-0.05, 0) is 23.8 Å². The Hall–Kier alpha value is -3.59. The van der Waals surface area contributed by atoms with Gasteiger partial charge in [0, 0.05) is 17.4 Å². The van der Waals surface area contributed by atoms with E-state index in [1.165, 1.54) is 13.2 Å². The third-order valence-corrected chi connectivity index (χ3v) is 5.72. The fourth-order valence-corrected chi connectivity index (χ4v) is 4.01. The molecule has 0 aliphatic carbocycles. The maximum absolute atomic E-state index is 12.7. The van der Waals surface area contributed by atoms with Crippen LogP contribution in [0.2, 0.25) is 0 Å². The summed E-state index contributed by atoms with van der Waals surface area (Å²) in [6, 6.07) is 13.7. The van der Waals surface area contributed by atoms with E-state index in [-0.39, 0.29) is 10.8 Å². The number of para-hydroxylation sites is 1. The van der Waals surface area contributed by atoms with Crippen LogP contribution in [0.4, 0.5) is 5.95 Å². The van der Waals surface area contributed by atoms with E-state index in [0.717, 1.165) is 6.26 Å². The first kappa shape index (κ1) is 18.8. The van der Waals surface area contributed by atoms with Gasteiger partial charge in [0.25, 0.3) is 5.56 Å². The van der Waals surface area contributed by atoms with Gasteiger partial charge in [0.2, 0.25) is 5.95 Å². The lowest BCUT2D eigenvalue weighted by Crippen LogP contribution is -2.11. The molecule has 4 rings (SSSR count). The lowest BCUT2D eigenvalue weighted by Gasteiger charge is -2.10. The summed E-state index contributed by atoms with van der Waals surface area (Å²) >= 11 is 0. The van der Waals surface area contributed by atoms with Crippen molar-refractivity contribution in [2.24, 2.45) is 0 Å². The van der Waals surface area contributed by atoms with Crippen molar-refractivity contribution in [3.63, 3.8) is 0 Å². The fourth-order valence-electron chi connectivity index (χ4n) is 3.34. The molecule has 0 aliphatic heterocycles. The maximum Gasteiger partial charge on any atom is 0.262 e. The molecule has 148 valence electrons. The molecule has 0 saturated heterocycles. The number of methoxy groups -OCH3 is 1. The Balaban J connectivity index is 2.13. The van der Waals surface area contributed by atoms with Crippen molar-refractivity contribution in [2.75, 3.05) is 19.1 Å². The smallest absolute Gasteiger partial charge is 0.262 e. The predicted octanol–water partition coefficient (Wildman–Crippen LogP) is 2.58. The van der Waals surface area contributed by atoms with E-state index in [1.54, 1.807) is 24.3 Å². The van der Waals surface area contributed by atoms with Gasteiger partial charge in [-0.3, -0.25) is 9.78 Å². The van der Waals surface area contributed by atoms with E-state index in [0.29, 0.717) is 39.2 Å². The summed E-state index contributed by atoms with van der Waals surface area (Å²) in [6.45, 7) is 0. The second kappa shape index (κ2) is 6.78. The van der Waals surface area contributed by atoms with Gasteiger partial charge in [-0.1, -0.05) is 30.3 Å². The Bertz CT molecular complexity index is 1400. The molecule has 2 aromatic carbocycles. The minimum atomic E-state index is -3.41.